The van der Waals surface area contributed by atoms with E-state index in [2.05, 4.69) is 9.97 Å². The fourth-order valence-electron chi connectivity index (χ4n) is 2.06. The van der Waals surface area contributed by atoms with Gasteiger partial charge in [-0.05, 0) is 26.0 Å². The second-order valence-corrected chi connectivity index (χ2v) is 5.10. The molecule has 0 N–H and O–H groups in total. The third kappa shape index (κ3) is 2.47. The van der Waals surface area contributed by atoms with Crippen LogP contribution >= 0.6 is 11.6 Å². The Balaban J connectivity index is 1.93. The fraction of sp³-hybridized carbons (Fsp3) is 0.200. The summed E-state index contributed by atoms with van der Waals surface area (Å²) in [6, 6.07) is 7.53. The van der Waals surface area contributed by atoms with Gasteiger partial charge in [0, 0.05) is 6.20 Å². The van der Waals surface area contributed by atoms with Crippen LogP contribution < -0.4 is 0 Å². The van der Waals surface area contributed by atoms with Gasteiger partial charge < -0.3 is 8.98 Å². The normalized spacial score (nSPS) is 10.9. The van der Waals surface area contributed by atoms with E-state index in [9.17, 15) is 0 Å². The zero-order chi connectivity index (χ0) is 14.1. The van der Waals surface area contributed by atoms with E-state index < -0.39 is 0 Å². The van der Waals surface area contributed by atoms with Crippen LogP contribution in [0.3, 0.4) is 0 Å². The maximum atomic E-state index is 6.17. The van der Waals surface area contributed by atoms with Crippen LogP contribution in [0.5, 0.6) is 0 Å². The molecule has 0 spiro atoms. The number of aryl methyl sites for hydroxylation is 2. The van der Waals surface area contributed by atoms with Crippen LogP contribution in [0.1, 0.15) is 17.1 Å². The van der Waals surface area contributed by atoms with Crippen molar-refractivity contribution in [2.75, 3.05) is 0 Å². The highest BCUT2D eigenvalue weighted by Gasteiger charge is 2.14. The zero-order valence-corrected chi connectivity index (χ0v) is 12.1. The molecule has 0 saturated heterocycles. The molecular formula is C15H14ClN3O. The minimum Gasteiger partial charge on any atom is -0.441 e. The molecule has 0 aliphatic rings. The molecule has 0 bridgehead atoms. The van der Waals surface area contributed by atoms with Crippen molar-refractivity contribution in [2.45, 2.75) is 20.4 Å². The van der Waals surface area contributed by atoms with Crippen molar-refractivity contribution in [3.05, 3.63) is 59.0 Å². The van der Waals surface area contributed by atoms with Crippen LogP contribution in [0.4, 0.5) is 0 Å². The lowest BCUT2D eigenvalue weighted by atomic mass is 10.2. The summed E-state index contributed by atoms with van der Waals surface area (Å²) in [6.07, 6.45) is 3.77. The Morgan fingerprint density at radius 3 is 2.75 bits per heavy atom. The van der Waals surface area contributed by atoms with Gasteiger partial charge in [0.25, 0.3) is 0 Å². The first-order valence-electron chi connectivity index (χ1n) is 6.33. The van der Waals surface area contributed by atoms with Gasteiger partial charge in [0.15, 0.2) is 0 Å². The number of rotatable bonds is 3. The van der Waals surface area contributed by atoms with E-state index in [0.717, 1.165) is 22.7 Å². The number of oxazole rings is 1. The Hall–Kier alpha value is -2.07. The molecule has 1 aromatic carbocycles. The minimum atomic E-state index is 0.555. The molecule has 0 aliphatic heterocycles. The molecule has 20 heavy (non-hydrogen) atoms. The van der Waals surface area contributed by atoms with Crippen LogP contribution in [0, 0.1) is 13.8 Å². The summed E-state index contributed by atoms with van der Waals surface area (Å²) in [6.45, 7) is 4.51. The number of aromatic nitrogens is 3. The van der Waals surface area contributed by atoms with Crippen molar-refractivity contribution < 1.29 is 4.42 Å². The van der Waals surface area contributed by atoms with Gasteiger partial charge in [0.1, 0.15) is 11.5 Å². The largest absolute Gasteiger partial charge is 0.441 e. The molecule has 5 heteroatoms. The van der Waals surface area contributed by atoms with Crippen molar-refractivity contribution in [3.63, 3.8) is 0 Å². The van der Waals surface area contributed by atoms with Gasteiger partial charge in [-0.1, -0.05) is 23.7 Å². The Morgan fingerprint density at radius 1 is 1.25 bits per heavy atom. The molecule has 3 aromatic rings. The Labute approximate surface area is 122 Å². The van der Waals surface area contributed by atoms with Crippen molar-refractivity contribution in [1.82, 2.24) is 14.5 Å². The highest BCUT2D eigenvalue weighted by atomic mass is 35.5. The zero-order valence-electron chi connectivity index (χ0n) is 11.3. The Morgan fingerprint density at radius 2 is 2.05 bits per heavy atom. The highest BCUT2D eigenvalue weighted by molar-refractivity contribution is 6.33. The molecule has 2 heterocycles. The molecule has 4 nitrogen and oxygen atoms in total. The average Bonchev–Trinajstić information content (AvgIpc) is 2.98. The van der Waals surface area contributed by atoms with Crippen molar-refractivity contribution in [1.29, 1.82) is 0 Å². The SMILES string of the molecule is Cc1cn(Cc2nc(-c3ccccc3Cl)oc2C)cn1. The quantitative estimate of drug-likeness (QED) is 0.735. The van der Waals surface area contributed by atoms with E-state index in [1.165, 1.54) is 0 Å². The van der Waals surface area contributed by atoms with Crippen molar-refractivity contribution >= 4 is 11.6 Å². The summed E-state index contributed by atoms with van der Waals surface area (Å²) < 4.78 is 7.71. The predicted molar refractivity (Wildman–Crippen MR) is 77.8 cm³/mol. The maximum absolute atomic E-state index is 6.17. The molecule has 102 valence electrons. The maximum Gasteiger partial charge on any atom is 0.228 e. The summed E-state index contributed by atoms with van der Waals surface area (Å²) in [5.41, 5.74) is 2.68. The average molecular weight is 288 g/mol. The summed E-state index contributed by atoms with van der Waals surface area (Å²) in [4.78, 5) is 8.75. The van der Waals surface area contributed by atoms with Crippen molar-refractivity contribution in [2.24, 2.45) is 0 Å². The number of halogens is 1. The van der Waals surface area contributed by atoms with E-state index in [-0.39, 0.29) is 0 Å². The van der Waals surface area contributed by atoms with Gasteiger partial charge in [0.2, 0.25) is 5.89 Å². The van der Waals surface area contributed by atoms with E-state index in [0.29, 0.717) is 17.5 Å². The first kappa shape index (κ1) is 12.9. The molecule has 0 saturated carbocycles. The number of nitrogens with zero attached hydrogens (tertiary/aromatic N) is 3. The van der Waals surface area contributed by atoms with Crippen LogP contribution in [0.2, 0.25) is 5.02 Å². The minimum absolute atomic E-state index is 0.555. The van der Waals surface area contributed by atoms with Crippen molar-refractivity contribution in [3.8, 4) is 11.5 Å². The molecule has 3 rings (SSSR count). The number of benzene rings is 1. The second-order valence-electron chi connectivity index (χ2n) is 4.69. The topological polar surface area (TPSA) is 43.9 Å². The van der Waals surface area contributed by atoms with E-state index in [4.69, 9.17) is 16.0 Å². The van der Waals surface area contributed by atoms with E-state index in [1.54, 1.807) is 6.33 Å². The van der Waals surface area contributed by atoms with E-state index >= 15 is 0 Å². The third-order valence-electron chi connectivity index (χ3n) is 3.09. The molecule has 2 aromatic heterocycles. The number of hydrogen-bond acceptors (Lipinski definition) is 3. The lowest BCUT2D eigenvalue weighted by Crippen LogP contribution is -1.98. The van der Waals surface area contributed by atoms with Gasteiger partial charge in [0.05, 0.1) is 29.2 Å². The number of imidazole rings is 1. The molecule has 0 fully saturated rings. The third-order valence-corrected chi connectivity index (χ3v) is 3.42. The van der Waals surface area contributed by atoms with Crippen LogP contribution in [0.15, 0.2) is 41.2 Å². The molecule has 0 atom stereocenters. The fourth-order valence-corrected chi connectivity index (χ4v) is 2.27. The van der Waals surface area contributed by atoms with Crippen LogP contribution in [-0.2, 0) is 6.54 Å². The summed E-state index contributed by atoms with van der Waals surface area (Å²) in [7, 11) is 0. The van der Waals surface area contributed by atoms with Gasteiger partial charge in [-0.25, -0.2) is 9.97 Å². The summed E-state index contributed by atoms with van der Waals surface area (Å²) >= 11 is 6.17. The molecular weight excluding hydrogens is 274 g/mol. The Bertz CT molecular complexity index is 745. The van der Waals surface area contributed by atoms with Crippen LogP contribution in [-0.4, -0.2) is 14.5 Å². The number of hydrogen-bond donors (Lipinski definition) is 0. The molecule has 0 amide bonds. The Kier molecular flexibility index (Phi) is 3.32. The molecule has 0 radical (unpaired) electrons. The van der Waals surface area contributed by atoms with Gasteiger partial charge in [-0.15, -0.1) is 0 Å². The first-order chi connectivity index (χ1) is 9.63. The lowest BCUT2D eigenvalue weighted by molar-refractivity contribution is 0.538. The van der Waals surface area contributed by atoms with E-state index in [1.807, 2.05) is 48.9 Å². The lowest BCUT2D eigenvalue weighted by Gasteiger charge is -1.98. The monoisotopic (exact) mass is 287 g/mol. The van der Waals surface area contributed by atoms with Crippen LogP contribution in [0.25, 0.3) is 11.5 Å². The predicted octanol–water partition coefficient (Wildman–Crippen LogP) is 3.86. The highest BCUT2D eigenvalue weighted by Crippen LogP contribution is 2.28. The molecule has 0 unspecified atom stereocenters. The summed E-state index contributed by atoms with van der Waals surface area (Å²) in [5, 5.41) is 0.638. The van der Waals surface area contributed by atoms with Gasteiger partial charge >= 0.3 is 0 Å². The second kappa shape index (κ2) is 5.13. The summed E-state index contributed by atoms with van der Waals surface area (Å²) in [5.74, 6) is 1.35. The van der Waals surface area contributed by atoms with Gasteiger partial charge in [-0.2, -0.15) is 0 Å². The first-order valence-corrected chi connectivity index (χ1v) is 6.71. The van der Waals surface area contributed by atoms with Gasteiger partial charge in [-0.3, -0.25) is 0 Å². The standard InChI is InChI=1S/C15H14ClN3O/c1-10-7-19(9-17-10)8-14-11(2)20-15(18-14)12-5-3-4-6-13(12)16/h3-7,9H,8H2,1-2H3. The smallest absolute Gasteiger partial charge is 0.228 e. The molecule has 0 aliphatic carbocycles.